The summed E-state index contributed by atoms with van der Waals surface area (Å²) in [5.74, 6) is 0.609. The zero-order chi connectivity index (χ0) is 17.6. The van der Waals surface area contributed by atoms with Crippen LogP contribution in [0.4, 0.5) is 10.5 Å². The van der Waals surface area contributed by atoms with Crippen molar-refractivity contribution in [2.45, 2.75) is 38.6 Å². The fourth-order valence-electron chi connectivity index (χ4n) is 3.33. The van der Waals surface area contributed by atoms with Gasteiger partial charge in [-0.1, -0.05) is 0 Å². The normalized spacial score (nSPS) is 17.9. The van der Waals surface area contributed by atoms with Gasteiger partial charge in [-0.25, -0.2) is 9.78 Å². The number of aliphatic hydroxyl groups is 1. The van der Waals surface area contributed by atoms with Crippen LogP contribution in [0, 0.1) is 6.92 Å². The van der Waals surface area contributed by atoms with Crippen molar-refractivity contribution in [1.82, 2.24) is 15.2 Å². The van der Waals surface area contributed by atoms with Crippen LogP contribution in [0.2, 0.25) is 0 Å². The molecule has 0 aliphatic carbocycles. The van der Waals surface area contributed by atoms with Gasteiger partial charge in [0.05, 0.1) is 6.61 Å². The van der Waals surface area contributed by atoms with E-state index in [1.165, 1.54) is 6.42 Å². The second-order valence-corrected chi connectivity index (χ2v) is 6.52. The third-order valence-corrected chi connectivity index (χ3v) is 4.62. The van der Waals surface area contributed by atoms with Crippen LogP contribution in [0.15, 0.2) is 22.6 Å². The Balaban J connectivity index is 1.36. The van der Waals surface area contributed by atoms with Gasteiger partial charge in [-0.2, -0.15) is 0 Å². The predicted octanol–water partition coefficient (Wildman–Crippen LogP) is 2.49. The lowest BCUT2D eigenvalue weighted by atomic mass is 10.2. The number of hydrogen-bond donors (Lipinski definition) is 3. The van der Waals surface area contributed by atoms with E-state index in [0.717, 1.165) is 37.9 Å². The van der Waals surface area contributed by atoms with E-state index in [9.17, 15) is 9.90 Å². The minimum Gasteiger partial charge on any atom is -0.441 e. The van der Waals surface area contributed by atoms with Gasteiger partial charge in [-0.15, -0.1) is 0 Å². The molecule has 0 radical (unpaired) electrons. The van der Waals surface area contributed by atoms with E-state index in [0.29, 0.717) is 29.7 Å². The number of aryl methyl sites for hydroxylation is 1. The quantitative estimate of drug-likeness (QED) is 0.670. The van der Waals surface area contributed by atoms with Gasteiger partial charge in [0.1, 0.15) is 5.52 Å². The highest BCUT2D eigenvalue weighted by molar-refractivity contribution is 5.91. The molecule has 1 saturated heterocycles. The first-order valence-electron chi connectivity index (χ1n) is 8.92. The molecule has 2 aromatic rings. The first kappa shape index (κ1) is 17.7. The smallest absolute Gasteiger partial charge is 0.319 e. The van der Waals surface area contributed by atoms with Crippen molar-refractivity contribution in [1.29, 1.82) is 0 Å². The molecule has 1 aromatic carbocycles. The van der Waals surface area contributed by atoms with Gasteiger partial charge in [0.15, 0.2) is 11.5 Å². The highest BCUT2D eigenvalue weighted by Crippen LogP contribution is 2.20. The summed E-state index contributed by atoms with van der Waals surface area (Å²) in [7, 11) is 0. The van der Waals surface area contributed by atoms with E-state index in [1.807, 2.05) is 12.1 Å². The molecule has 1 aliphatic heterocycles. The summed E-state index contributed by atoms with van der Waals surface area (Å²) in [6, 6.07) is 5.52. The second-order valence-electron chi connectivity index (χ2n) is 6.52. The molecule has 1 aromatic heterocycles. The van der Waals surface area contributed by atoms with Gasteiger partial charge in [0.25, 0.3) is 0 Å². The van der Waals surface area contributed by atoms with Crippen molar-refractivity contribution in [3.63, 3.8) is 0 Å². The standard InChI is InChI=1S/C18H26N4O3/c1-13-20-16-7-6-14(11-17(16)25-13)21-18(24)19-8-2-3-9-22-10-4-5-15(22)12-23/h6-7,11,15,23H,2-5,8-10,12H2,1H3,(H2,19,21,24). The zero-order valence-corrected chi connectivity index (χ0v) is 14.6. The molecular formula is C18H26N4O3. The van der Waals surface area contributed by atoms with Crippen molar-refractivity contribution in [2.24, 2.45) is 0 Å². The lowest BCUT2D eigenvalue weighted by Crippen LogP contribution is -2.34. The highest BCUT2D eigenvalue weighted by Gasteiger charge is 2.22. The molecule has 1 fully saturated rings. The molecule has 1 aliphatic rings. The number of nitrogens with one attached hydrogen (secondary N) is 2. The Morgan fingerprint density at radius 3 is 3.16 bits per heavy atom. The van der Waals surface area contributed by atoms with E-state index >= 15 is 0 Å². The van der Waals surface area contributed by atoms with Crippen LogP contribution in [-0.4, -0.2) is 53.3 Å². The lowest BCUT2D eigenvalue weighted by Gasteiger charge is -2.22. The van der Waals surface area contributed by atoms with E-state index in [2.05, 4.69) is 20.5 Å². The average molecular weight is 346 g/mol. The maximum atomic E-state index is 12.0. The largest absolute Gasteiger partial charge is 0.441 e. The Kier molecular flexibility index (Phi) is 5.88. The Labute approximate surface area is 147 Å². The zero-order valence-electron chi connectivity index (χ0n) is 14.6. The number of carbonyl (C=O) groups is 1. The Morgan fingerprint density at radius 2 is 2.32 bits per heavy atom. The van der Waals surface area contributed by atoms with Crippen LogP contribution in [-0.2, 0) is 0 Å². The molecule has 0 bridgehead atoms. The molecule has 0 spiro atoms. The molecule has 2 amide bonds. The monoisotopic (exact) mass is 346 g/mol. The third kappa shape index (κ3) is 4.70. The van der Waals surface area contributed by atoms with Crippen molar-refractivity contribution in [3.05, 3.63) is 24.1 Å². The lowest BCUT2D eigenvalue weighted by molar-refractivity contribution is 0.157. The number of aliphatic hydroxyl groups excluding tert-OH is 1. The summed E-state index contributed by atoms with van der Waals surface area (Å²) >= 11 is 0. The molecule has 1 atom stereocenters. The van der Waals surface area contributed by atoms with Crippen molar-refractivity contribution in [2.75, 3.05) is 31.6 Å². The number of amides is 2. The highest BCUT2D eigenvalue weighted by atomic mass is 16.3. The molecule has 1 unspecified atom stereocenters. The van der Waals surface area contributed by atoms with Gasteiger partial charge in [0.2, 0.25) is 0 Å². The summed E-state index contributed by atoms with van der Waals surface area (Å²) in [5.41, 5.74) is 2.13. The van der Waals surface area contributed by atoms with Crippen LogP contribution < -0.4 is 10.6 Å². The minimum atomic E-state index is -0.218. The number of likely N-dealkylation sites (tertiary alicyclic amines) is 1. The third-order valence-electron chi connectivity index (χ3n) is 4.62. The van der Waals surface area contributed by atoms with E-state index in [-0.39, 0.29) is 12.6 Å². The van der Waals surface area contributed by atoms with Crippen molar-refractivity contribution >= 4 is 22.8 Å². The molecule has 3 rings (SSSR count). The number of oxazole rings is 1. The average Bonchev–Trinajstić information content (AvgIpc) is 3.19. The molecule has 7 heteroatoms. The van der Waals surface area contributed by atoms with Gasteiger partial charge < -0.3 is 20.2 Å². The number of hydrogen-bond acceptors (Lipinski definition) is 5. The molecule has 2 heterocycles. The number of fused-ring (bicyclic) bond motifs is 1. The number of unbranched alkanes of at least 4 members (excludes halogenated alkanes) is 1. The van der Waals surface area contributed by atoms with Crippen LogP contribution in [0.25, 0.3) is 11.1 Å². The molecule has 136 valence electrons. The van der Waals surface area contributed by atoms with E-state index in [1.54, 1.807) is 13.0 Å². The summed E-state index contributed by atoms with van der Waals surface area (Å²) in [5, 5.41) is 15.0. The number of urea groups is 1. The van der Waals surface area contributed by atoms with Gasteiger partial charge in [0, 0.05) is 31.3 Å². The summed E-state index contributed by atoms with van der Waals surface area (Å²) in [6.07, 6.45) is 4.19. The van der Waals surface area contributed by atoms with Crippen LogP contribution in [0.5, 0.6) is 0 Å². The second kappa shape index (κ2) is 8.31. The number of nitrogens with zero attached hydrogens (tertiary/aromatic N) is 2. The Hall–Kier alpha value is -2.12. The van der Waals surface area contributed by atoms with Crippen LogP contribution in [0.3, 0.4) is 0 Å². The number of carbonyl (C=O) groups excluding carboxylic acids is 1. The van der Waals surface area contributed by atoms with E-state index in [4.69, 9.17) is 4.42 Å². The number of anilines is 1. The minimum absolute atomic E-state index is 0.218. The molecule has 25 heavy (non-hydrogen) atoms. The van der Waals surface area contributed by atoms with Gasteiger partial charge >= 0.3 is 6.03 Å². The van der Waals surface area contributed by atoms with Crippen LogP contribution in [0.1, 0.15) is 31.6 Å². The SMILES string of the molecule is Cc1nc2ccc(NC(=O)NCCCCN3CCCC3CO)cc2o1. The Morgan fingerprint density at radius 1 is 1.44 bits per heavy atom. The van der Waals surface area contributed by atoms with Crippen molar-refractivity contribution < 1.29 is 14.3 Å². The first-order chi connectivity index (χ1) is 12.2. The fraction of sp³-hybridized carbons (Fsp3) is 0.556. The maximum absolute atomic E-state index is 12.0. The first-order valence-corrected chi connectivity index (χ1v) is 8.92. The summed E-state index contributed by atoms with van der Waals surface area (Å²) in [4.78, 5) is 18.5. The Bertz CT molecular complexity index is 715. The molecular weight excluding hydrogens is 320 g/mol. The van der Waals surface area contributed by atoms with Crippen molar-refractivity contribution in [3.8, 4) is 0 Å². The number of rotatable bonds is 7. The van der Waals surface area contributed by atoms with Crippen LogP contribution >= 0.6 is 0 Å². The summed E-state index contributed by atoms with van der Waals surface area (Å²) in [6.45, 7) is 4.73. The van der Waals surface area contributed by atoms with E-state index < -0.39 is 0 Å². The number of aromatic nitrogens is 1. The molecule has 0 saturated carbocycles. The topological polar surface area (TPSA) is 90.6 Å². The maximum Gasteiger partial charge on any atom is 0.319 e. The van der Waals surface area contributed by atoms with Gasteiger partial charge in [-0.3, -0.25) is 4.90 Å². The molecule has 3 N–H and O–H groups in total. The predicted molar refractivity (Wildman–Crippen MR) is 96.7 cm³/mol. The summed E-state index contributed by atoms with van der Waals surface area (Å²) < 4.78 is 5.46. The molecule has 7 nitrogen and oxygen atoms in total. The fourth-order valence-corrected chi connectivity index (χ4v) is 3.33. The van der Waals surface area contributed by atoms with Gasteiger partial charge in [-0.05, 0) is 50.9 Å². The number of benzene rings is 1.